The molecule has 5 heteroatoms. The molecule has 0 bridgehead atoms. The number of phenolic OH excluding ortho intramolecular Hbond substituents is 1. The van der Waals surface area contributed by atoms with Crippen LogP contribution in [0.5, 0.6) is 11.5 Å². The van der Waals surface area contributed by atoms with Crippen LogP contribution >= 0.6 is 12.4 Å². The van der Waals surface area contributed by atoms with E-state index in [1.54, 1.807) is 6.07 Å². The molecular weight excluding hydrogens is 216 g/mol. The van der Waals surface area contributed by atoms with Crippen LogP contribution in [-0.2, 0) is 0 Å². The van der Waals surface area contributed by atoms with Crippen LogP contribution < -0.4 is 10.5 Å². The summed E-state index contributed by atoms with van der Waals surface area (Å²) in [6.07, 6.45) is 0.223. The van der Waals surface area contributed by atoms with Crippen LogP contribution in [0.4, 0.5) is 0 Å². The molecule has 0 aliphatic heterocycles. The summed E-state index contributed by atoms with van der Waals surface area (Å²) in [4.78, 5) is 0. The van der Waals surface area contributed by atoms with Gasteiger partial charge in [0.15, 0.2) is 0 Å². The van der Waals surface area contributed by atoms with E-state index in [0.29, 0.717) is 5.75 Å². The van der Waals surface area contributed by atoms with Crippen molar-refractivity contribution in [2.24, 2.45) is 5.73 Å². The Labute approximate surface area is 94.7 Å². The van der Waals surface area contributed by atoms with Crippen LogP contribution in [0.25, 0.3) is 0 Å². The molecule has 1 aromatic carbocycles. The predicted molar refractivity (Wildman–Crippen MR) is 59.1 cm³/mol. The lowest BCUT2D eigenvalue weighted by Crippen LogP contribution is -2.10. The minimum atomic E-state index is -0.379. The molecule has 15 heavy (non-hydrogen) atoms. The molecule has 0 fully saturated rings. The molecule has 1 atom stereocenters. The lowest BCUT2D eigenvalue weighted by Gasteiger charge is -2.12. The largest absolute Gasteiger partial charge is 0.508 e. The first-order valence-electron chi connectivity index (χ1n) is 4.18. The SMILES string of the molecule is COc1cc(O)ccc1[C@H](N)CC#N.Cl. The van der Waals surface area contributed by atoms with Crippen LogP contribution in [0.1, 0.15) is 18.0 Å². The summed E-state index contributed by atoms with van der Waals surface area (Å²) in [5, 5.41) is 17.7. The molecule has 0 amide bonds. The number of hydrogen-bond acceptors (Lipinski definition) is 4. The predicted octanol–water partition coefficient (Wildman–Crippen LogP) is 1.74. The molecule has 0 heterocycles. The highest BCUT2D eigenvalue weighted by Gasteiger charge is 2.11. The Bertz CT molecular complexity index is 363. The summed E-state index contributed by atoms with van der Waals surface area (Å²) in [7, 11) is 1.50. The molecule has 0 spiro atoms. The third kappa shape index (κ3) is 3.31. The van der Waals surface area contributed by atoms with E-state index in [1.807, 2.05) is 6.07 Å². The Morgan fingerprint density at radius 2 is 2.27 bits per heavy atom. The van der Waals surface area contributed by atoms with Crippen LogP contribution in [0, 0.1) is 11.3 Å². The summed E-state index contributed by atoms with van der Waals surface area (Å²) in [5.41, 5.74) is 6.48. The molecule has 0 saturated heterocycles. The molecular formula is C10H13ClN2O2. The number of nitrogens with zero attached hydrogens (tertiary/aromatic N) is 1. The van der Waals surface area contributed by atoms with Crippen molar-refractivity contribution in [2.75, 3.05) is 7.11 Å². The Hall–Kier alpha value is -1.44. The number of aromatic hydroxyl groups is 1. The molecule has 1 aromatic rings. The molecule has 0 radical (unpaired) electrons. The van der Waals surface area contributed by atoms with Crippen LogP contribution in [-0.4, -0.2) is 12.2 Å². The van der Waals surface area contributed by atoms with Gasteiger partial charge < -0.3 is 15.6 Å². The number of phenols is 1. The fourth-order valence-electron chi connectivity index (χ4n) is 1.21. The summed E-state index contributed by atoms with van der Waals surface area (Å²) < 4.78 is 5.04. The van der Waals surface area contributed by atoms with Crippen molar-refractivity contribution in [2.45, 2.75) is 12.5 Å². The molecule has 3 N–H and O–H groups in total. The van der Waals surface area contributed by atoms with Gasteiger partial charge in [0.05, 0.1) is 19.6 Å². The highest BCUT2D eigenvalue weighted by atomic mass is 35.5. The van der Waals surface area contributed by atoms with Crippen molar-refractivity contribution in [3.05, 3.63) is 23.8 Å². The number of halogens is 1. The third-order valence-corrected chi connectivity index (χ3v) is 1.93. The van der Waals surface area contributed by atoms with E-state index < -0.39 is 0 Å². The van der Waals surface area contributed by atoms with E-state index in [0.717, 1.165) is 5.56 Å². The first kappa shape index (κ1) is 13.6. The number of ether oxygens (including phenoxy) is 1. The lowest BCUT2D eigenvalue weighted by molar-refractivity contribution is 0.399. The maximum absolute atomic E-state index is 9.19. The number of benzene rings is 1. The van der Waals surface area contributed by atoms with E-state index in [4.69, 9.17) is 15.7 Å². The topological polar surface area (TPSA) is 79.3 Å². The van der Waals surface area contributed by atoms with Crippen molar-refractivity contribution in [1.82, 2.24) is 0 Å². The maximum Gasteiger partial charge on any atom is 0.127 e. The second kappa shape index (κ2) is 6.12. The standard InChI is InChI=1S/C10H12N2O2.ClH/c1-14-10-6-7(13)2-3-8(10)9(12)4-5-11;/h2-3,6,9,13H,4,12H2,1H3;1H/t9-;/m1./s1. The van der Waals surface area contributed by atoms with Gasteiger partial charge in [-0.1, -0.05) is 6.07 Å². The van der Waals surface area contributed by atoms with E-state index in [2.05, 4.69) is 0 Å². The van der Waals surface area contributed by atoms with Crippen molar-refractivity contribution < 1.29 is 9.84 Å². The number of hydrogen-bond donors (Lipinski definition) is 2. The molecule has 0 aliphatic rings. The lowest BCUT2D eigenvalue weighted by atomic mass is 10.0. The van der Waals surface area contributed by atoms with E-state index >= 15 is 0 Å². The van der Waals surface area contributed by atoms with E-state index in [1.165, 1.54) is 19.2 Å². The number of rotatable bonds is 3. The van der Waals surface area contributed by atoms with Crippen molar-refractivity contribution >= 4 is 12.4 Å². The Balaban J connectivity index is 0.00000196. The molecule has 1 rings (SSSR count). The minimum absolute atomic E-state index is 0. The zero-order valence-corrected chi connectivity index (χ0v) is 9.12. The monoisotopic (exact) mass is 228 g/mol. The van der Waals surface area contributed by atoms with Gasteiger partial charge in [-0.05, 0) is 6.07 Å². The van der Waals surface area contributed by atoms with Crippen molar-refractivity contribution in [3.8, 4) is 17.6 Å². The average molecular weight is 229 g/mol. The normalized spacial score (nSPS) is 11.0. The van der Waals surface area contributed by atoms with Gasteiger partial charge in [-0.3, -0.25) is 0 Å². The molecule has 0 aliphatic carbocycles. The highest BCUT2D eigenvalue weighted by Crippen LogP contribution is 2.28. The zero-order valence-electron chi connectivity index (χ0n) is 8.30. The van der Waals surface area contributed by atoms with Gasteiger partial charge in [-0.2, -0.15) is 5.26 Å². The molecule has 0 saturated carbocycles. The van der Waals surface area contributed by atoms with E-state index in [9.17, 15) is 5.11 Å². The van der Waals surface area contributed by atoms with Gasteiger partial charge in [-0.25, -0.2) is 0 Å². The maximum atomic E-state index is 9.19. The van der Waals surface area contributed by atoms with Crippen molar-refractivity contribution in [3.63, 3.8) is 0 Å². The summed E-state index contributed by atoms with van der Waals surface area (Å²) in [6.45, 7) is 0. The molecule has 82 valence electrons. The Morgan fingerprint density at radius 3 is 2.80 bits per heavy atom. The fourth-order valence-corrected chi connectivity index (χ4v) is 1.21. The second-order valence-electron chi connectivity index (χ2n) is 2.89. The molecule has 0 unspecified atom stereocenters. The quantitative estimate of drug-likeness (QED) is 0.826. The van der Waals surface area contributed by atoms with Gasteiger partial charge in [0.2, 0.25) is 0 Å². The zero-order chi connectivity index (χ0) is 10.6. The van der Waals surface area contributed by atoms with Gasteiger partial charge in [0, 0.05) is 17.7 Å². The minimum Gasteiger partial charge on any atom is -0.508 e. The summed E-state index contributed by atoms with van der Waals surface area (Å²) >= 11 is 0. The average Bonchev–Trinajstić information content (AvgIpc) is 2.17. The summed E-state index contributed by atoms with van der Waals surface area (Å²) in [5.74, 6) is 0.627. The second-order valence-corrected chi connectivity index (χ2v) is 2.89. The highest BCUT2D eigenvalue weighted by molar-refractivity contribution is 5.85. The van der Waals surface area contributed by atoms with Crippen molar-refractivity contribution in [1.29, 1.82) is 5.26 Å². The summed E-state index contributed by atoms with van der Waals surface area (Å²) in [6, 6.07) is 6.27. The van der Waals surface area contributed by atoms with E-state index in [-0.39, 0.29) is 30.6 Å². The van der Waals surface area contributed by atoms with Crippen LogP contribution in [0.2, 0.25) is 0 Å². The number of nitrogens with two attached hydrogens (primary N) is 1. The third-order valence-electron chi connectivity index (χ3n) is 1.93. The molecule has 4 nitrogen and oxygen atoms in total. The van der Waals surface area contributed by atoms with Gasteiger partial charge in [0.1, 0.15) is 11.5 Å². The fraction of sp³-hybridized carbons (Fsp3) is 0.300. The van der Waals surface area contributed by atoms with Crippen LogP contribution in [0.15, 0.2) is 18.2 Å². The Morgan fingerprint density at radius 1 is 1.60 bits per heavy atom. The van der Waals surface area contributed by atoms with Crippen LogP contribution in [0.3, 0.4) is 0 Å². The number of nitriles is 1. The molecule has 0 aromatic heterocycles. The van der Waals surface area contributed by atoms with Gasteiger partial charge in [0.25, 0.3) is 0 Å². The van der Waals surface area contributed by atoms with Gasteiger partial charge >= 0.3 is 0 Å². The first-order valence-corrected chi connectivity index (χ1v) is 4.18. The van der Waals surface area contributed by atoms with Gasteiger partial charge in [-0.15, -0.1) is 12.4 Å². The number of methoxy groups -OCH3 is 1. The smallest absolute Gasteiger partial charge is 0.127 e. The Kier molecular flexibility index (Phi) is 5.53. The first-order chi connectivity index (χ1) is 6.69.